The maximum absolute atomic E-state index is 14.5. The van der Waals surface area contributed by atoms with E-state index in [1.807, 2.05) is 0 Å². The number of methoxy groups -OCH3 is 1. The standard InChI is InChI=1S/C14H12F3IO4S/c1-21-13-9-7-12(8-10-13)18(11-5-3-2-4-6-11)14(15,16)23(19,20)22-17/h2-10H,1H3/q+1. The van der Waals surface area contributed by atoms with Gasteiger partial charge in [0.1, 0.15) is 5.75 Å². The highest BCUT2D eigenvalue weighted by atomic mass is 127. The first kappa shape index (κ1) is 18.0. The Morgan fingerprint density at radius 2 is 1.48 bits per heavy atom. The number of alkyl halides is 3. The Hall–Kier alpha value is -1.33. The summed E-state index contributed by atoms with van der Waals surface area (Å²) < 4.78 is 67.5. The van der Waals surface area contributed by atoms with Crippen LogP contribution in [0, 0.1) is 7.14 Å². The molecule has 0 amide bonds. The minimum Gasteiger partial charge on any atom is -0.497 e. The van der Waals surface area contributed by atoms with Gasteiger partial charge in [0.2, 0.25) is 19.8 Å². The molecule has 23 heavy (non-hydrogen) atoms. The van der Waals surface area contributed by atoms with Crippen LogP contribution in [0.1, 0.15) is 0 Å². The minimum atomic E-state index is -5.67. The Morgan fingerprint density at radius 1 is 0.957 bits per heavy atom. The van der Waals surface area contributed by atoms with Crippen molar-refractivity contribution in [3.63, 3.8) is 0 Å². The molecule has 9 heteroatoms. The topological polar surface area (TPSA) is 52.6 Å². The van der Waals surface area contributed by atoms with Crippen LogP contribution in [0.15, 0.2) is 54.6 Å². The first-order valence-electron chi connectivity index (χ1n) is 6.15. The van der Waals surface area contributed by atoms with Crippen molar-refractivity contribution < 1.29 is 50.7 Å². The van der Waals surface area contributed by atoms with Crippen molar-refractivity contribution in [2.24, 2.45) is 0 Å². The van der Waals surface area contributed by atoms with Gasteiger partial charge in [0.15, 0.2) is 7.14 Å². The van der Waals surface area contributed by atoms with E-state index in [1.54, 1.807) is 6.07 Å². The van der Waals surface area contributed by atoms with Gasteiger partial charge in [-0.1, -0.05) is 22.6 Å². The van der Waals surface area contributed by atoms with Gasteiger partial charge in [0.25, 0.3) is 0 Å². The number of rotatable bonds is 6. The molecule has 2 aromatic carbocycles. The van der Waals surface area contributed by atoms with Crippen LogP contribution in [-0.4, -0.2) is 18.8 Å². The van der Waals surface area contributed by atoms with Crippen molar-refractivity contribution in [1.82, 2.24) is 0 Å². The molecule has 2 rings (SSSR count). The lowest BCUT2D eigenvalue weighted by atomic mass is 10.3. The molecule has 125 valence electrons. The van der Waals surface area contributed by atoms with Gasteiger partial charge in [-0.25, -0.2) is 0 Å². The van der Waals surface area contributed by atoms with Crippen LogP contribution in [0.25, 0.3) is 0 Å². The first-order chi connectivity index (χ1) is 10.8. The molecular weight excluding hydrogens is 448 g/mol. The van der Waals surface area contributed by atoms with Crippen LogP contribution in [-0.2, 0) is 14.5 Å². The van der Waals surface area contributed by atoms with E-state index in [0.29, 0.717) is 5.75 Å². The Kier molecular flexibility index (Phi) is 5.53. The number of hydrogen-bond donors (Lipinski definition) is 0. The van der Waals surface area contributed by atoms with Gasteiger partial charge in [-0.15, -0.1) is 8.78 Å². The Balaban J connectivity index is 2.61. The smallest absolute Gasteiger partial charge is 0.497 e. The molecule has 0 fully saturated rings. The van der Waals surface area contributed by atoms with Crippen molar-refractivity contribution in [2.75, 3.05) is 7.11 Å². The van der Waals surface area contributed by atoms with Crippen molar-refractivity contribution >= 4 is 10.1 Å². The molecule has 0 aliphatic rings. The average molecular weight is 460 g/mol. The predicted octanol–water partition coefficient (Wildman–Crippen LogP) is 0.140. The third-order valence-corrected chi connectivity index (χ3v) is 11.4. The van der Waals surface area contributed by atoms with Crippen molar-refractivity contribution in [2.45, 2.75) is 3.26 Å². The molecule has 4 nitrogen and oxygen atoms in total. The SMILES string of the molecule is COc1ccc([I+](c2ccccc2)C(F)(F)S(=O)(=O)OF)cc1. The van der Waals surface area contributed by atoms with Crippen molar-refractivity contribution in [3.05, 3.63) is 61.7 Å². The molecule has 0 atom stereocenters. The monoisotopic (exact) mass is 460 g/mol. The van der Waals surface area contributed by atoms with Crippen LogP contribution < -0.4 is 24.6 Å². The third-order valence-electron chi connectivity index (χ3n) is 2.81. The van der Waals surface area contributed by atoms with E-state index in [2.05, 4.69) is 4.39 Å². The van der Waals surface area contributed by atoms with Gasteiger partial charge < -0.3 is 4.74 Å². The molecule has 0 aromatic heterocycles. The second kappa shape index (κ2) is 7.05. The van der Waals surface area contributed by atoms with Crippen molar-refractivity contribution in [3.8, 4) is 5.75 Å². The number of ether oxygens (including phenoxy) is 1. The lowest BCUT2D eigenvalue weighted by Gasteiger charge is -2.14. The molecule has 0 aliphatic heterocycles. The highest BCUT2D eigenvalue weighted by Crippen LogP contribution is 2.15. The lowest BCUT2D eigenvalue weighted by Crippen LogP contribution is -3.90. The molecule has 0 unspecified atom stereocenters. The van der Waals surface area contributed by atoms with Gasteiger partial charge in [0.05, 0.1) is 7.11 Å². The average Bonchev–Trinajstić information content (AvgIpc) is 2.56. The zero-order chi connectivity index (χ0) is 17.1. The summed E-state index contributed by atoms with van der Waals surface area (Å²) in [7, 11) is -4.26. The predicted molar refractivity (Wildman–Crippen MR) is 72.9 cm³/mol. The van der Waals surface area contributed by atoms with E-state index in [1.165, 1.54) is 55.6 Å². The van der Waals surface area contributed by atoms with Gasteiger partial charge in [-0.3, -0.25) is 0 Å². The zero-order valence-corrected chi connectivity index (χ0v) is 14.7. The van der Waals surface area contributed by atoms with Crippen LogP contribution in [0.2, 0.25) is 0 Å². The fraction of sp³-hybridized carbons (Fsp3) is 0.143. The number of hydrogen-bond acceptors (Lipinski definition) is 4. The molecule has 0 saturated heterocycles. The Labute approximate surface area is 138 Å². The molecule has 0 saturated carbocycles. The fourth-order valence-corrected chi connectivity index (χ4v) is 9.41. The zero-order valence-electron chi connectivity index (χ0n) is 11.7. The second-order valence-corrected chi connectivity index (χ2v) is 11.9. The summed E-state index contributed by atoms with van der Waals surface area (Å²) >= 11 is -3.90. The molecule has 0 aliphatic carbocycles. The Morgan fingerprint density at radius 3 is 1.96 bits per heavy atom. The molecule has 2 aromatic rings. The summed E-state index contributed by atoms with van der Waals surface area (Å²) in [6, 6.07) is 13.1. The van der Waals surface area contributed by atoms with Crippen molar-refractivity contribution in [1.29, 1.82) is 0 Å². The summed E-state index contributed by atoms with van der Waals surface area (Å²) in [6.07, 6.45) is 0. The summed E-state index contributed by atoms with van der Waals surface area (Å²) in [5.74, 6) is 0.436. The number of benzene rings is 2. The molecular formula is C14H12F3IO4S+. The largest absolute Gasteiger partial charge is 0.540 e. The quantitative estimate of drug-likeness (QED) is 0.455. The van der Waals surface area contributed by atoms with Gasteiger partial charge in [-0.05, 0) is 40.9 Å². The molecule has 0 bridgehead atoms. The van der Waals surface area contributed by atoms with Crippen LogP contribution in [0.3, 0.4) is 0 Å². The maximum atomic E-state index is 14.5. The number of halogens is 4. The van der Waals surface area contributed by atoms with E-state index in [0.717, 1.165) is 0 Å². The highest BCUT2D eigenvalue weighted by Gasteiger charge is 2.66. The van der Waals surface area contributed by atoms with Gasteiger partial charge in [-0.2, -0.15) is 8.42 Å². The Bertz CT molecular complexity index is 751. The summed E-state index contributed by atoms with van der Waals surface area (Å²) in [5.41, 5.74) is 0. The van der Waals surface area contributed by atoms with Gasteiger partial charge >= 0.3 is 13.4 Å². The third kappa shape index (κ3) is 3.61. The second-order valence-electron chi connectivity index (χ2n) is 4.20. The van der Waals surface area contributed by atoms with E-state index >= 15 is 0 Å². The molecule has 1 radical (unpaired) electrons. The first-order valence-corrected chi connectivity index (χ1v) is 10.8. The van der Waals surface area contributed by atoms with Crippen LogP contribution >= 0.6 is 0 Å². The molecule has 0 spiro atoms. The summed E-state index contributed by atoms with van der Waals surface area (Å²) in [4.78, 5) is 0. The molecule has 0 N–H and O–H groups in total. The van der Waals surface area contributed by atoms with E-state index in [-0.39, 0.29) is 7.14 Å². The lowest BCUT2D eigenvalue weighted by molar-refractivity contribution is -0.931. The normalized spacial score (nSPS) is 12.4. The summed E-state index contributed by atoms with van der Waals surface area (Å²) in [5, 5.41) is 0. The van der Waals surface area contributed by atoms with E-state index in [9.17, 15) is 21.7 Å². The fourth-order valence-electron chi connectivity index (χ4n) is 1.75. The molecule has 0 heterocycles. The minimum absolute atomic E-state index is 0.131. The van der Waals surface area contributed by atoms with Crippen LogP contribution in [0.5, 0.6) is 5.75 Å². The van der Waals surface area contributed by atoms with E-state index in [4.69, 9.17) is 4.74 Å². The van der Waals surface area contributed by atoms with E-state index < -0.39 is 33.2 Å². The van der Waals surface area contributed by atoms with Gasteiger partial charge in [0, 0.05) is 0 Å². The highest BCUT2D eigenvalue weighted by molar-refractivity contribution is 7.87. The summed E-state index contributed by atoms with van der Waals surface area (Å²) in [6.45, 7) is 0. The van der Waals surface area contributed by atoms with Crippen LogP contribution in [0.4, 0.5) is 13.3 Å². The maximum Gasteiger partial charge on any atom is 0.540 e.